The minimum atomic E-state index is -1.20. The third kappa shape index (κ3) is 3.13. The molecule has 1 aromatic carbocycles. The van der Waals surface area contributed by atoms with Gasteiger partial charge in [0.25, 0.3) is 0 Å². The van der Waals surface area contributed by atoms with Crippen LogP contribution in [0.4, 0.5) is 0 Å². The number of rotatable bonds is 5. The van der Waals surface area contributed by atoms with Crippen LogP contribution in [0.3, 0.4) is 0 Å². The van der Waals surface area contributed by atoms with Gasteiger partial charge in [0.1, 0.15) is 0 Å². The fourth-order valence-corrected chi connectivity index (χ4v) is 3.07. The lowest BCUT2D eigenvalue weighted by Gasteiger charge is -2.11. The van der Waals surface area contributed by atoms with Gasteiger partial charge in [0, 0.05) is 35.5 Å². The van der Waals surface area contributed by atoms with E-state index in [2.05, 4.69) is 22.4 Å². The van der Waals surface area contributed by atoms with Crippen LogP contribution in [0.2, 0.25) is 0 Å². The van der Waals surface area contributed by atoms with Crippen molar-refractivity contribution in [1.82, 2.24) is 10.3 Å². The van der Waals surface area contributed by atoms with Gasteiger partial charge in [-0.05, 0) is 55.4 Å². The number of aliphatic carboxylic acids is 1. The van der Waals surface area contributed by atoms with Gasteiger partial charge in [0.2, 0.25) is 5.91 Å². The van der Waals surface area contributed by atoms with Gasteiger partial charge in [-0.25, -0.2) is 0 Å². The summed E-state index contributed by atoms with van der Waals surface area (Å²) < 4.78 is 0. The van der Waals surface area contributed by atoms with E-state index >= 15 is 0 Å². The summed E-state index contributed by atoms with van der Waals surface area (Å²) in [6.07, 6.45) is 4.40. The average Bonchev–Trinajstić information content (AvgIpc) is 2.89. The van der Waals surface area contributed by atoms with Crippen molar-refractivity contribution < 1.29 is 14.7 Å². The molecule has 0 saturated heterocycles. The van der Waals surface area contributed by atoms with Gasteiger partial charge < -0.3 is 20.2 Å². The smallest absolute Gasteiger partial charge is 0.220 e. The van der Waals surface area contributed by atoms with Gasteiger partial charge in [-0.3, -0.25) is 4.79 Å². The van der Waals surface area contributed by atoms with Crippen molar-refractivity contribution in [3.05, 3.63) is 35.0 Å². The van der Waals surface area contributed by atoms with Crippen molar-refractivity contribution in [2.75, 3.05) is 0 Å². The fraction of sp³-hybridized carbons (Fsp3) is 0.412. The lowest BCUT2D eigenvalue weighted by Crippen LogP contribution is -2.27. The molecule has 2 aromatic rings. The fourth-order valence-electron chi connectivity index (χ4n) is 3.07. The highest BCUT2D eigenvalue weighted by molar-refractivity contribution is 5.86. The summed E-state index contributed by atoms with van der Waals surface area (Å²) in [4.78, 5) is 25.4. The summed E-state index contributed by atoms with van der Waals surface area (Å²) >= 11 is 0. The summed E-state index contributed by atoms with van der Waals surface area (Å²) in [5.74, 6) is -1.46. The zero-order valence-electron chi connectivity index (χ0n) is 12.4. The van der Waals surface area contributed by atoms with Crippen LogP contribution in [0, 0.1) is 0 Å². The van der Waals surface area contributed by atoms with Crippen molar-refractivity contribution in [2.45, 2.75) is 45.1 Å². The summed E-state index contributed by atoms with van der Waals surface area (Å²) in [5, 5.41) is 14.3. The van der Waals surface area contributed by atoms with Gasteiger partial charge in [0.15, 0.2) is 0 Å². The summed E-state index contributed by atoms with van der Waals surface area (Å²) in [5.41, 5.74) is 4.93. The lowest BCUT2D eigenvalue weighted by molar-refractivity contribution is -0.305. The van der Waals surface area contributed by atoms with Gasteiger partial charge in [-0.2, -0.15) is 0 Å². The Morgan fingerprint density at radius 2 is 2.00 bits per heavy atom. The zero-order chi connectivity index (χ0) is 15.5. The number of carboxylic acid groups (broad SMARTS) is 1. The number of carboxylic acids is 1. The van der Waals surface area contributed by atoms with Crippen LogP contribution in [0.15, 0.2) is 18.2 Å². The number of hydrogen-bond donors (Lipinski definition) is 2. The molecule has 22 heavy (non-hydrogen) atoms. The predicted molar refractivity (Wildman–Crippen MR) is 81.0 cm³/mol. The largest absolute Gasteiger partial charge is 0.550 e. The van der Waals surface area contributed by atoms with Gasteiger partial charge in [-0.15, -0.1) is 0 Å². The Hall–Kier alpha value is -2.30. The van der Waals surface area contributed by atoms with E-state index in [1.807, 2.05) is 6.07 Å². The zero-order valence-corrected chi connectivity index (χ0v) is 12.4. The van der Waals surface area contributed by atoms with E-state index in [1.165, 1.54) is 29.5 Å². The number of hydrogen-bond acceptors (Lipinski definition) is 3. The SMILES string of the molecule is O=C([O-])CCC(=O)NCc1ccc2[nH]c3c(c2c1)CCCC3. The number of aromatic nitrogens is 1. The number of aryl methyl sites for hydroxylation is 2. The second kappa shape index (κ2) is 6.22. The normalized spacial score (nSPS) is 13.8. The number of amides is 1. The van der Waals surface area contributed by atoms with E-state index in [1.54, 1.807) is 0 Å². The van der Waals surface area contributed by atoms with Gasteiger partial charge in [0.05, 0.1) is 0 Å². The number of fused-ring (bicyclic) bond motifs is 3. The maximum absolute atomic E-state index is 11.6. The van der Waals surface area contributed by atoms with Crippen molar-refractivity contribution in [1.29, 1.82) is 0 Å². The number of carbonyl (C=O) groups is 2. The van der Waals surface area contributed by atoms with E-state index in [0.29, 0.717) is 6.54 Å². The van der Waals surface area contributed by atoms with Crippen molar-refractivity contribution >= 4 is 22.8 Å². The Morgan fingerprint density at radius 3 is 2.82 bits per heavy atom. The molecular formula is C17H19N2O3-. The third-order valence-electron chi connectivity index (χ3n) is 4.21. The van der Waals surface area contributed by atoms with E-state index in [4.69, 9.17) is 0 Å². The van der Waals surface area contributed by atoms with Gasteiger partial charge in [-0.1, -0.05) is 6.07 Å². The Kier molecular flexibility index (Phi) is 4.13. The first-order chi connectivity index (χ1) is 10.6. The standard InChI is InChI=1S/C17H20N2O3/c20-16(7-8-17(21)22)18-10-11-5-6-15-13(9-11)12-3-1-2-4-14(12)19-15/h5-6,9,19H,1-4,7-8,10H2,(H,18,20)(H,21,22)/p-1. The van der Waals surface area contributed by atoms with E-state index in [-0.39, 0.29) is 18.7 Å². The van der Waals surface area contributed by atoms with Crippen LogP contribution < -0.4 is 10.4 Å². The molecule has 0 radical (unpaired) electrons. The first-order valence-corrected chi connectivity index (χ1v) is 7.72. The molecule has 0 aliphatic heterocycles. The minimum absolute atomic E-state index is 0.0376. The molecular weight excluding hydrogens is 280 g/mol. The third-order valence-corrected chi connectivity index (χ3v) is 4.21. The molecule has 0 atom stereocenters. The molecule has 0 spiro atoms. The van der Waals surface area contributed by atoms with Crippen LogP contribution in [0.5, 0.6) is 0 Å². The lowest BCUT2D eigenvalue weighted by atomic mass is 9.95. The second-order valence-electron chi connectivity index (χ2n) is 5.82. The maximum Gasteiger partial charge on any atom is 0.220 e. The molecule has 3 rings (SSSR count). The first-order valence-electron chi connectivity index (χ1n) is 7.72. The number of carbonyl (C=O) groups excluding carboxylic acids is 2. The van der Waals surface area contributed by atoms with Crippen LogP contribution in [0.1, 0.15) is 42.5 Å². The molecule has 2 N–H and O–H groups in total. The second-order valence-corrected chi connectivity index (χ2v) is 5.82. The Morgan fingerprint density at radius 1 is 1.18 bits per heavy atom. The quantitative estimate of drug-likeness (QED) is 0.869. The van der Waals surface area contributed by atoms with Crippen LogP contribution >= 0.6 is 0 Å². The molecule has 1 aromatic heterocycles. The van der Waals surface area contributed by atoms with Crippen molar-refractivity contribution in [3.8, 4) is 0 Å². The van der Waals surface area contributed by atoms with Crippen LogP contribution in [0.25, 0.3) is 10.9 Å². The topological polar surface area (TPSA) is 85.0 Å². The average molecular weight is 299 g/mol. The highest BCUT2D eigenvalue weighted by Gasteiger charge is 2.15. The maximum atomic E-state index is 11.6. The number of nitrogens with one attached hydrogen (secondary N) is 2. The van der Waals surface area contributed by atoms with Crippen LogP contribution in [-0.4, -0.2) is 16.9 Å². The molecule has 5 heteroatoms. The van der Waals surface area contributed by atoms with Crippen LogP contribution in [-0.2, 0) is 29.0 Å². The van der Waals surface area contributed by atoms with E-state index in [0.717, 1.165) is 23.9 Å². The Bertz CT molecular complexity index is 718. The molecule has 1 aliphatic rings. The monoisotopic (exact) mass is 299 g/mol. The number of benzene rings is 1. The van der Waals surface area contributed by atoms with Crippen molar-refractivity contribution in [3.63, 3.8) is 0 Å². The molecule has 0 fully saturated rings. The molecule has 0 bridgehead atoms. The first kappa shape index (κ1) is 14.6. The molecule has 5 nitrogen and oxygen atoms in total. The molecule has 116 valence electrons. The molecule has 1 amide bonds. The van der Waals surface area contributed by atoms with E-state index in [9.17, 15) is 14.7 Å². The molecule has 1 aliphatic carbocycles. The number of aromatic amines is 1. The minimum Gasteiger partial charge on any atom is -0.550 e. The molecule has 1 heterocycles. The predicted octanol–water partition coefficient (Wildman–Crippen LogP) is 1.19. The van der Waals surface area contributed by atoms with Gasteiger partial charge >= 0.3 is 0 Å². The Labute approximate surface area is 128 Å². The summed E-state index contributed by atoms with van der Waals surface area (Å²) in [7, 11) is 0. The Balaban J connectivity index is 1.69. The van der Waals surface area contributed by atoms with E-state index < -0.39 is 5.97 Å². The molecule has 0 unspecified atom stereocenters. The summed E-state index contributed by atoms with van der Waals surface area (Å²) in [6, 6.07) is 6.16. The number of H-pyrrole nitrogens is 1. The highest BCUT2D eigenvalue weighted by Crippen LogP contribution is 2.29. The van der Waals surface area contributed by atoms with Crippen molar-refractivity contribution in [2.24, 2.45) is 0 Å². The highest BCUT2D eigenvalue weighted by atomic mass is 16.4. The summed E-state index contributed by atoms with van der Waals surface area (Å²) in [6.45, 7) is 0.418. The molecule has 0 saturated carbocycles.